The van der Waals surface area contributed by atoms with E-state index in [0.29, 0.717) is 18.0 Å². The lowest BCUT2D eigenvalue weighted by atomic mass is 9.94. The molecule has 5 nitrogen and oxygen atoms in total. The lowest BCUT2D eigenvalue weighted by molar-refractivity contribution is 0.152. The van der Waals surface area contributed by atoms with Gasteiger partial charge in [0.15, 0.2) is 0 Å². The summed E-state index contributed by atoms with van der Waals surface area (Å²) in [5, 5.41) is 10.6. The van der Waals surface area contributed by atoms with Crippen LogP contribution in [0.1, 0.15) is 49.7 Å². The Morgan fingerprint density at radius 2 is 2.04 bits per heavy atom. The molecule has 0 amide bonds. The summed E-state index contributed by atoms with van der Waals surface area (Å²) in [7, 11) is 0. The summed E-state index contributed by atoms with van der Waals surface area (Å²) in [6, 6.07) is 7.14. The number of rotatable bonds is 4. The summed E-state index contributed by atoms with van der Waals surface area (Å²) in [4.78, 5) is 19.9. The van der Waals surface area contributed by atoms with Crippen molar-refractivity contribution in [3.05, 3.63) is 57.8 Å². The standard InChI is InChI=1S/C20H27N3O2/c1-4-23-15(3)13-17(24)18(20(23)25)19(16-7-5-6-10-21-16)22-11-8-14(2)9-12-22/h5-7,10,13-14,19,24H,4,8-9,11-12H2,1-3H3/t19-/m0/s1. The van der Waals surface area contributed by atoms with Gasteiger partial charge in [-0.25, -0.2) is 0 Å². The average Bonchev–Trinajstić information content (AvgIpc) is 2.60. The molecule has 3 rings (SSSR count). The van der Waals surface area contributed by atoms with E-state index >= 15 is 0 Å². The first kappa shape index (κ1) is 17.7. The summed E-state index contributed by atoms with van der Waals surface area (Å²) in [6.07, 6.45) is 3.94. The Labute approximate surface area is 148 Å². The molecule has 0 unspecified atom stereocenters. The quantitative estimate of drug-likeness (QED) is 0.928. The second-order valence-electron chi connectivity index (χ2n) is 7.01. The molecule has 1 saturated heterocycles. The number of hydrogen-bond donors (Lipinski definition) is 1. The van der Waals surface area contributed by atoms with Crippen LogP contribution in [0, 0.1) is 12.8 Å². The molecule has 25 heavy (non-hydrogen) atoms. The maximum absolute atomic E-state index is 13.1. The van der Waals surface area contributed by atoms with Crippen molar-refractivity contribution in [2.24, 2.45) is 5.92 Å². The lowest BCUT2D eigenvalue weighted by Crippen LogP contribution is -2.40. The molecule has 5 heteroatoms. The molecule has 2 aromatic heterocycles. The van der Waals surface area contributed by atoms with Gasteiger partial charge >= 0.3 is 0 Å². The highest BCUT2D eigenvalue weighted by molar-refractivity contribution is 5.39. The maximum atomic E-state index is 13.1. The predicted molar refractivity (Wildman–Crippen MR) is 98.8 cm³/mol. The van der Waals surface area contributed by atoms with Crippen LogP contribution in [-0.2, 0) is 6.54 Å². The van der Waals surface area contributed by atoms with Gasteiger partial charge < -0.3 is 9.67 Å². The summed E-state index contributed by atoms with van der Waals surface area (Å²) < 4.78 is 1.72. The zero-order valence-corrected chi connectivity index (χ0v) is 15.3. The SMILES string of the molecule is CCn1c(C)cc(O)c([C@H](c2ccccn2)N2CCC(C)CC2)c1=O. The van der Waals surface area contributed by atoms with Gasteiger partial charge in [0.25, 0.3) is 5.56 Å². The number of aromatic hydroxyl groups is 1. The summed E-state index contributed by atoms with van der Waals surface area (Å²) in [6.45, 7) is 8.47. The van der Waals surface area contributed by atoms with Crippen LogP contribution in [0.15, 0.2) is 35.3 Å². The van der Waals surface area contributed by atoms with Crippen molar-refractivity contribution in [3.8, 4) is 5.75 Å². The van der Waals surface area contributed by atoms with Crippen molar-refractivity contribution >= 4 is 0 Å². The minimum absolute atomic E-state index is 0.0708. The second kappa shape index (κ2) is 7.40. The van der Waals surface area contributed by atoms with E-state index in [9.17, 15) is 9.90 Å². The monoisotopic (exact) mass is 341 g/mol. The zero-order chi connectivity index (χ0) is 18.0. The number of nitrogens with zero attached hydrogens (tertiary/aromatic N) is 3. The predicted octanol–water partition coefficient (Wildman–Crippen LogP) is 3.10. The van der Waals surface area contributed by atoms with Crippen molar-refractivity contribution in [2.75, 3.05) is 13.1 Å². The smallest absolute Gasteiger partial charge is 0.259 e. The molecule has 0 saturated carbocycles. The van der Waals surface area contributed by atoms with Gasteiger partial charge in [0.05, 0.1) is 17.3 Å². The van der Waals surface area contributed by atoms with E-state index in [4.69, 9.17) is 0 Å². The van der Waals surface area contributed by atoms with Crippen LogP contribution in [0.4, 0.5) is 0 Å². The highest BCUT2D eigenvalue weighted by Gasteiger charge is 2.31. The van der Waals surface area contributed by atoms with Crippen molar-refractivity contribution in [2.45, 2.75) is 46.2 Å². The van der Waals surface area contributed by atoms with Gasteiger partial charge in [0.2, 0.25) is 0 Å². The number of pyridine rings is 2. The van der Waals surface area contributed by atoms with Crippen LogP contribution < -0.4 is 5.56 Å². The molecule has 1 aliphatic rings. The maximum Gasteiger partial charge on any atom is 0.259 e. The summed E-state index contributed by atoms with van der Waals surface area (Å²) >= 11 is 0. The van der Waals surface area contributed by atoms with Gasteiger partial charge in [0, 0.05) is 18.4 Å². The number of likely N-dealkylation sites (tertiary alicyclic amines) is 1. The third-order valence-corrected chi connectivity index (χ3v) is 5.26. The average molecular weight is 341 g/mol. The van der Waals surface area contributed by atoms with Crippen molar-refractivity contribution < 1.29 is 5.11 Å². The van der Waals surface area contributed by atoms with E-state index in [2.05, 4.69) is 16.8 Å². The molecule has 1 N–H and O–H groups in total. The Hall–Kier alpha value is -2.14. The van der Waals surface area contributed by atoms with E-state index in [1.807, 2.05) is 32.0 Å². The molecule has 0 aromatic carbocycles. The van der Waals surface area contributed by atoms with Gasteiger partial charge in [-0.2, -0.15) is 0 Å². The van der Waals surface area contributed by atoms with Crippen LogP contribution in [0.25, 0.3) is 0 Å². The fraction of sp³-hybridized carbons (Fsp3) is 0.500. The van der Waals surface area contributed by atoms with E-state index in [1.54, 1.807) is 16.8 Å². The fourth-order valence-corrected chi connectivity index (χ4v) is 3.76. The Morgan fingerprint density at radius 3 is 2.64 bits per heavy atom. The first-order valence-corrected chi connectivity index (χ1v) is 9.11. The molecule has 0 bridgehead atoms. The molecule has 0 spiro atoms. The topological polar surface area (TPSA) is 58.4 Å². The molecule has 134 valence electrons. The third-order valence-electron chi connectivity index (χ3n) is 5.26. The normalized spacial score (nSPS) is 17.6. The van der Waals surface area contributed by atoms with Gasteiger partial charge in [-0.15, -0.1) is 0 Å². The first-order valence-electron chi connectivity index (χ1n) is 9.11. The molecule has 1 atom stereocenters. The Bertz CT molecular complexity index is 778. The summed E-state index contributed by atoms with van der Waals surface area (Å²) in [5.74, 6) is 0.765. The van der Waals surface area contributed by atoms with E-state index < -0.39 is 0 Å². The second-order valence-corrected chi connectivity index (χ2v) is 7.01. The number of aryl methyl sites for hydroxylation is 1. The summed E-state index contributed by atoms with van der Waals surface area (Å²) in [5.41, 5.74) is 1.92. The first-order chi connectivity index (χ1) is 12.0. The highest BCUT2D eigenvalue weighted by Crippen LogP contribution is 2.34. The van der Waals surface area contributed by atoms with Crippen LogP contribution in [0.2, 0.25) is 0 Å². The molecule has 1 aliphatic heterocycles. The fourth-order valence-electron chi connectivity index (χ4n) is 3.76. The minimum atomic E-state index is -0.306. The van der Waals surface area contributed by atoms with Crippen molar-refractivity contribution in [1.29, 1.82) is 0 Å². The lowest BCUT2D eigenvalue weighted by Gasteiger charge is -2.36. The number of hydrogen-bond acceptors (Lipinski definition) is 4. The largest absolute Gasteiger partial charge is 0.507 e. The number of piperidine rings is 1. The molecule has 0 aliphatic carbocycles. The minimum Gasteiger partial charge on any atom is -0.507 e. The van der Waals surface area contributed by atoms with Crippen LogP contribution in [0.5, 0.6) is 5.75 Å². The van der Waals surface area contributed by atoms with E-state index in [1.165, 1.54) is 0 Å². The van der Waals surface area contributed by atoms with E-state index in [0.717, 1.165) is 37.3 Å². The Morgan fingerprint density at radius 1 is 1.32 bits per heavy atom. The molecular weight excluding hydrogens is 314 g/mol. The van der Waals surface area contributed by atoms with Crippen molar-refractivity contribution in [3.63, 3.8) is 0 Å². The van der Waals surface area contributed by atoms with Crippen molar-refractivity contribution in [1.82, 2.24) is 14.5 Å². The van der Waals surface area contributed by atoms with Gasteiger partial charge in [-0.1, -0.05) is 13.0 Å². The molecular formula is C20H27N3O2. The Kier molecular flexibility index (Phi) is 5.23. The number of aromatic nitrogens is 2. The van der Waals surface area contributed by atoms with E-state index in [-0.39, 0.29) is 17.4 Å². The molecule has 3 heterocycles. The van der Waals surface area contributed by atoms with Gasteiger partial charge in [-0.05, 0) is 63.9 Å². The highest BCUT2D eigenvalue weighted by atomic mass is 16.3. The van der Waals surface area contributed by atoms with Crippen LogP contribution >= 0.6 is 0 Å². The Balaban J connectivity index is 2.14. The molecule has 0 radical (unpaired) electrons. The molecule has 2 aromatic rings. The van der Waals surface area contributed by atoms with Crippen LogP contribution in [-0.4, -0.2) is 32.6 Å². The molecule has 1 fully saturated rings. The zero-order valence-electron chi connectivity index (χ0n) is 15.3. The van der Waals surface area contributed by atoms with Gasteiger partial charge in [0.1, 0.15) is 5.75 Å². The third kappa shape index (κ3) is 3.47. The van der Waals surface area contributed by atoms with Crippen LogP contribution in [0.3, 0.4) is 0 Å². The van der Waals surface area contributed by atoms with Gasteiger partial charge in [-0.3, -0.25) is 14.7 Å².